The minimum atomic E-state index is 0.486. The molecule has 2 N–H and O–H groups in total. The average Bonchev–Trinajstić information content (AvgIpc) is 2.47. The fourth-order valence-corrected chi connectivity index (χ4v) is 1.83. The number of hydrogen-bond acceptors (Lipinski definition) is 1. The molecule has 2 rings (SSSR count). The lowest BCUT2D eigenvalue weighted by molar-refractivity contribution is 1.13. The molecule has 2 aromatic carbocycles. The van der Waals surface area contributed by atoms with Crippen LogP contribution in [0.25, 0.3) is 0 Å². The zero-order chi connectivity index (χ0) is 13.7. The van der Waals surface area contributed by atoms with Gasteiger partial charge in [0.15, 0.2) is 0 Å². The first-order chi connectivity index (χ1) is 9.20. The van der Waals surface area contributed by atoms with E-state index >= 15 is 0 Å². The Morgan fingerprint density at radius 3 is 2.53 bits per heavy atom. The van der Waals surface area contributed by atoms with E-state index in [2.05, 4.69) is 24.0 Å². The number of benzene rings is 2. The number of guanidine groups is 1. The van der Waals surface area contributed by atoms with Crippen LogP contribution in [0.4, 0.5) is 11.4 Å². The van der Waals surface area contributed by atoms with E-state index in [0.29, 0.717) is 5.96 Å². The molecule has 0 aliphatic heterocycles. The van der Waals surface area contributed by atoms with E-state index < -0.39 is 0 Å². The number of rotatable bonds is 3. The van der Waals surface area contributed by atoms with Gasteiger partial charge in [-0.15, -0.1) is 0 Å². The fraction of sp³-hybridized carbons (Fsp3) is 0.188. The van der Waals surface area contributed by atoms with Gasteiger partial charge in [-0.05, 0) is 36.2 Å². The molecule has 19 heavy (non-hydrogen) atoms. The van der Waals surface area contributed by atoms with Crippen LogP contribution >= 0.6 is 0 Å². The molecule has 3 nitrogen and oxygen atoms in total. The summed E-state index contributed by atoms with van der Waals surface area (Å²) in [5.74, 6) is 0.486. The molecule has 0 amide bonds. The van der Waals surface area contributed by atoms with Crippen LogP contribution in [0.3, 0.4) is 0 Å². The van der Waals surface area contributed by atoms with Crippen molar-refractivity contribution in [3.8, 4) is 0 Å². The molecule has 0 aliphatic carbocycles. The molecule has 0 aromatic heterocycles. The molecule has 0 saturated heterocycles. The summed E-state index contributed by atoms with van der Waals surface area (Å²) < 4.78 is 0. The highest BCUT2D eigenvalue weighted by Crippen LogP contribution is 2.16. The standard InChI is InChI=1S/C16H19N3/c1-3-13-8-7-11-15(12-13)19(2)16(17)18-14-9-5-4-6-10-14/h4-12H,3H2,1-2H3,(H2,17,18). The Morgan fingerprint density at radius 2 is 1.84 bits per heavy atom. The molecule has 0 saturated carbocycles. The summed E-state index contributed by atoms with van der Waals surface area (Å²) in [5.41, 5.74) is 9.25. The van der Waals surface area contributed by atoms with Crippen LogP contribution in [0.5, 0.6) is 0 Å². The molecule has 0 unspecified atom stereocenters. The quantitative estimate of drug-likeness (QED) is 0.673. The van der Waals surface area contributed by atoms with E-state index in [1.54, 1.807) is 0 Å². The predicted octanol–water partition coefficient (Wildman–Crippen LogP) is 3.33. The van der Waals surface area contributed by atoms with Crippen LogP contribution in [0.1, 0.15) is 12.5 Å². The summed E-state index contributed by atoms with van der Waals surface area (Å²) in [6.45, 7) is 2.14. The Hall–Kier alpha value is -2.29. The Balaban J connectivity index is 2.23. The van der Waals surface area contributed by atoms with Crippen LogP contribution < -0.4 is 10.6 Å². The molecule has 0 spiro atoms. The van der Waals surface area contributed by atoms with Gasteiger partial charge in [-0.3, -0.25) is 0 Å². The lowest BCUT2D eigenvalue weighted by Gasteiger charge is -2.18. The Labute approximate surface area is 114 Å². The number of aliphatic imine (C=N–C) groups is 1. The first-order valence-electron chi connectivity index (χ1n) is 6.42. The van der Waals surface area contributed by atoms with Gasteiger partial charge in [0.2, 0.25) is 5.96 Å². The largest absolute Gasteiger partial charge is 0.369 e. The molecule has 98 valence electrons. The molecule has 0 aliphatic rings. The van der Waals surface area contributed by atoms with Crippen molar-refractivity contribution in [1.82, 2.24) is 0 Å². The summed E-state index contributed by atoms with van der Waals surface area (Å²) >= 11 is 0. The Bertz CT molecular complexity index is 561. The van der Waals surface area contributed by atoms with Crippen molar-refractivity contribution in [1.29, 1.82) is 0 Å². The molecular formula is C16H19N3. The second-order valence-corrected chi connectivity index (χ2v) is 4.39. The third-order valence-corrected chi connectivity index (χ3v) is 3.05. The highest BCUT2D eigenvalue weighted by Gasteiger charge is 2.05. The molecule has 0 radical (unpaired) electrons. The average molecular weight is 253 g/mol. The fourth-order valence-electron chi connectivity index (χ4n) is 1.83. The smallest absolute Gasteiger partial charge is 0.200 e. The number of aryl methyl sites for hydroxylation is 1. The molecule has 0 bridgehead atoms. The normalized spacial score (nSPS) is 11.4. The van der Waals surface area contributed by atoms with Crippen LogP contribution in [0.2, 0.25) is 0 Å². The molecule has 2 aromatic rings. The Morgan fingerprint density at radius 1 is 1.11 bits per heavy atom. The van der Waals surface area contributed by atoms with Gasteiger partial charge in [0, 0.05) is 12.7 Å². The second kappa shape index (κ2) is 6.05. The highest BCUT2D eigenvalue weighted by molar-refractivity contribution is 5.95. The van der Waals surface area contributed by atoms with Gasteiger partial charge in [-0.2, -0.15) is 0 Å². The maximum absolute atomic E-state index is 6.05. The SMILES string of the molecule is CCc1cccc(N(C)C(N)=Nc2ccccc2)c1. The van der Waals surface area contributed by atoms with E-state index in [1.807, 2.05) is 54.4 Å². The first kappa shape index (κ1) is 13.1. The summed E-state index contributed by atoms with van der Waals surface area (Å²) in [4.78, 5) is 6.31. The van der Waals surface area contributed by atoms with Gasteiger partial charge >= 0.3 is 0 Å². The van der Waals surface area contributed by atoms with Crippen molar-refractivity contribution < 1.29 is 0 Å². The molecule has 3 heteroatoms. The lowest BCUT2D eigenvalue weighted by atomic mass is 10.1. The number of hydrogen-bond donors (Lipinski definition) is 1. The van der Waals surface area contributed by atoms with Crippen molar-refractivity contribution in [3.63, 3.8) is 0 Å². The topological polar surface area (TPSA) is 41.6 Å². The summed E-state index contributed by atoms with van der Waals surface area (Å²) in [6.07, 6.45) is 1.01. The van der Waals surface area contributed by atoms with Gasteiger partial charge in [0.1, 0.15) is 0 Å². The summed E-state index contributed by atoms with van der Waals surface area (Å²) in [5, 5.41) is 0. The van der Waals surface area contributed by atoms with E-state index in [4.69, 9.17) is 5.73 Å². The number of nitrogens with zero attached hydrogens (tertiary/aromatic N) is 2. The molecule has 0 atom stereocenters. The lowest BCUT2D eigenvalue weighted by Crippen LogP contribution is -2.33. The van der Waals surface area contributed by atoms with E-state index in [1.165, 1.54) is 5.56 Å². The highest BCUT2D eigenvalue weighted by atomic mass is 15.2. The molecule has 0 heterocycles. The van der Waals surface area contributed by atoms with E-state index in [0.717, 1.165) is 17.8 Å². The van der Waals surface area contributed by atoms with Gasteiger partial charge in [0.25, 0.3) is 0 Å². The maximum Gasteiger partial charge on any atom is 0.200 e. The summed E-state index contributed by atoms with van der Waals surface area (Å²) in [6, 6.07) is 18.0. The monoisotopic (exact) mass is 253 g/mol. The van der Waals surface area contributed by atoms with Crippen molar-refractivity contribution in [2.45, 2.75) is 13.3 Å². The van der Waals surface area contributed by atoms with Gasteiger partial charge in [-0.1, -0.05) is 37.3 Å². The van der Waals surface area contributed by atoms with Gasteiger partial charge < -0.3 is 10.6 Å². The number of nitrogens with two attached hydrogens (primary N) is 1. The van der Waals surface area contributed by atoms with Crippen molar-refractivity contribution in [2.24, 2.45) is 10.7 Å². The van der Waals surface area contributed by atoms with E-state index in [-0.39, 0.29) is 0 Å². The Kier molecular flexibility index (Phi) is 4.18. The maximum atomic E-state index is 6.05. The summed E-state index contributed by atoms with van der Waals surface area (Å²) in [7, 11) is 1.93. The number of anilines is 1. The van der Waals surface area contributed by atoms with Crippen LogP contribution in [-0.4, -0.2) is 13.0 Å². The third-order valence-electron chi connectivity index (χ3n) is 3.05. The van der Waals surface area contributed by atoms with Crippen LogP contribution in [-0.2, 0) is 6.42 Å². The van der Waals surface area contributed by atoms with E-state index in [9.17, 15) is 0 Å². The van der Waals surface area contributed by atoms with Gasteiger partial charge in [-0.25, -0.2) is 4.99 Å². The zero-order valence-electron chi connectivity index (χ0n) is 11.4. The molecular weight excluding hydrogens is 234 g/mol. The first-order valence-corrected chi connectivity index (χ1v) is 6.42. The van der Waals surface area contributed by atoms with Crippen molar-refractivity contribution in [3.05, 3.63) is 60.2 Å². The minimum absolute atomic E-state index is 0.486. The predicted molar refractivity (Wildman–Crippen MR) is 81.9 cm³/mol. The van der Waals surface area contributed by atoms with Crippen molar-refractivity contribution >= 4 is 17.3 Å². The van der Waals surface area contributed by atoms with Crippen LogP contribution in [0, 0.1) is 0 Å². The molecule has 0 fully saturated rings. The minimum Gasteiger partial charge on any atom is -0.369 e. The zero-order valence-corrected chi connectivity index (χ0v) is 11.4. The number of para-hydroxylation sites is 1. The van der Waals surface area contributed by atoms with Crippen LogP contribution in [0.15, 0.2) is 59.6 Å². The van der Waals surface area contributed by atoms with Gasteiger partial charge in [0.05, 0.1) is 5.69 Å². The third kappa shape index (κ3) is 3.35. The second-order valence-electron chi connectivity index (χ2n) is 4.39. The van der Waals surface area contributed by atoms with Crippen molar-refractivity contribution in [2.75, 3.05) is 11.9 Å².